The minimum absolute atomic E-state index is 0.741. The third-order valence-electron chi connectivity index (χ3n) is 2.05. The Morgan fingerprint density at radius 3 is 3.07 bits per heavy atom. The Morgan fingerprint density at radius 1 is 1.53 bits per heavy atom. The van der Waals surface area contributed by atoms with E-state index in [1.165, 1.54) is 11.5 Å². The Balaban J connectivity index is 2.17. The zero-order chi connectivity index (χ0) is 10.7. The van der Waals surface area contributed by atoms with Gasteiger partial charge in [0.25, 0.3) is 0 Å². The Bertz CT molecular complexity index is 435. The minimum atomic E-state index is 0.741. The summed E-state index contributed by atoms with van der Waals surface area (Å²) in [6.45, 7) is 4.96. The van der Waals surface area contributed by atoms with Crippen molar-refractivity contribution in [2.45, 2.75) is 20.3 Å². The molecule has 4 nitrogen and oxygen atoms in total. The van der Waals surface area contributed by atoms with Gasteiger partial charge in [-0.1, -0.05) is 6.92 Å². The van der Waals surface area contributed by atoms with E-state index >= 15 is 0 Å². The van der Waals surface area contributed by atoms with Crippen LogP contribution in [0.4, 0.5) is 5.13 Å². The van der Waals surface area contributed by atoms with Gasteiger partial charge in [-0.25, -0.2) is 0 Å². The summed E-state index contributed by atoms with van der Waals surface area (Å²) in [6.07, 6.45) is 2.74. The van der Waals surface area contributed by atoms with Crippen LogP contribution in [0.25, 0.3) is 11.4 Å². The maximum Gasteiger partial charge on any atom is 0.202 e. The highest BCUT2D eigenvalue weighted by Crippen LogP contribution is 2.24. The molecule has 0 aliphatic heterocycles. The molecule has 0 atom stereocenters. The number of aromatic nitrogens is 2. The summed E-state index contributed by atoms with van der Waals surface area (Å²) >= 11 is 1.38. The van der Waals surface area contributed by atoms with Gasteiger partial charge in [-0.3, -0.25) is 0 Å². The number of nitrogens with zero attached hydrogens (tertiary/aromatic N) is 2. The zero-order valence-electron chi connectivity index (χ0n) is 8.78. The molecule has 2 heterocycles. The van der Waals surface area contributed by atoms with E-state index in [2.05, 4.69) is 21.6 Å². The maximum absolute atomic E-state index is 5.21. The lowest BCUT2D eigenvalue weighted by atomic mass is 10.2. The first kappa shape index (κ1) is 10.2. The molecule has 2 rings (SSSR count). The summed E-state index contributed by atoms with van der Waals surface area (Å²) in [5.74, 6) is 1.60. The molecule has 0 aliphatic rings. The number of rotatable bonds is 4. The van der Waals surface area contributed by atoms with Crippen molar-refractivity contribution in [2.75, 3.05) is 11.9 Å². The van der Waals surface area contributed by atoms with Gasteiger partial charge in [0.15, 0.2) is 5.82 Å². The summed E-state index contributed by atoms with van der Waals surface area (Å²) in [4.78, 5) is 4.39. The van der Waals surface area contributed by atoms with Crippen molar-refractivity contribution in [3.63, 3.8) is 0 Å². The highest BCUT2D eigenvalue weighted by Gasteiger charge is 2.10. The second-order valence-corrected chi connectivity index (χ2v) is 3.99. The first-order valence-electron chi connectivity index (χ1n) is 4.93. The second-order valence-electron chi connectivity index (χ2n) is 3.24. The molecule has 2 aromatic rings. The molecule has 0 radical (unpaired) electrons. The third kappa shape index (κ3) is 2.18. The Morgan fingerprint density at radius 2 is 2.40 bits per heavy atom. The molecule has 15 heavy (non-hydrogen) atoms. The van der Waals surface area contributed by atoms with Crippen LogP contribution in [0.3, 0.4) is 0 Å². The summed E-state index contributed by atoms with van der Waals surface area (Å²) in [6, 6.07) is 1.89. The van der Waals surface area contributed by atoms with Crippen LogP contribution >= 0.6 is 11.5 Å². The number of anilines is 1. The lowest BCUT2D eigenvalue weighted by molar-refractivity contribution is 0.535. The highest BCUT2D eigenvalue weighted by atomic mass is 32.1. The average molecular weight is 223 g/mol. The van der Waals surface area contributed by atoms with Crippen molar-refractivity contribution in [3.05, 3.63) is 18.1 Å². The number of furan rings is 1. The standard InChI is InChI=1S/C10H13N3OS/c1-3-5-11-10-12-9(13-15-10)8-4-6-14-7(8)2/h4,6H,3,5H2,1-2H3,(H,11,12,13). The maximum atomic E-state index is 5.21. The van der Waals surface area contributed by atoms with Crippen LogP contribution in [0, 0.1) is 6.92 Å². The molecule has 0 aliphatic carbocycles. The van der Waals surface area contributed by atoms with Crippen molar-refractivity contribution in [3.8, 4) is 11.4 Å². The highest BCUT2D eigenvalue weighted by molar-refractivity contribution is 7.09. The van der Waals surface area contributed by atoms with Crippen molar-refractivity contribution >= 4 is 16.7 Å². The Labute approximate surface area is 92.5 Å². The van der Waals surface area contributed by atoms with E-state index in [-0.39, 0.29) is 0 Å². The van der Waals surface area contributed by atoms with Gasteiger partial charge in [0, 0.05) is 18.1 Å². The molecule has 5 heteroatoms. The van der Waals surface area contributed by atoms with Crippen LogP contribution in [-0.2, 0) is 0 Å². The molecule has 0 spiro atoms. The van der Waals surface area contributed by atoms with E-state index in [9.17, 15) is 0 Å². The molecule has 0 bridgehead atoms. The van der Waals surface area contributed by atoms with E-state index in [0.29, 0.717) is 0 Å². The van der Waals surface area contributed by atoms with Crippen molar-refractivity contribution in [2.24, 2.45) is 0 Å². The number of aryl methyl sites for hydroxylation is 1. The van der Waals surface area contributed by atoms with Gasteiger partial charge >= 0.3 is 0 Å². The SMILES string of the molecule is CCCNc1nc(-c2ccoc2C)ns1. The summed E-state index contributed by atoms with van der Waals surface area (Å²) in [5, 5.41) is 4.08. The molecule has 80 valence electrons. The lowest BCUT2D eigenvalue weighted by Gasteiger charge is -1.95. The van der Waals surface area contributed by atoms with Crippen LogP contribution in [0.1, 0.15) is 19.1 Å². The Hall–Kier alpha value is -1.36. The van der Waals surface area contributed by atoms with Gasteiger partial charge in [0.1, 0.15) is 5.76 Å². The zero-order valence-corrected chi connectivity index (χ0v) is 9.60. The molecule has 2 aromatic heterocycles. The predicted molar refractivity (Wildman–Crippen MR) is 61.1 cm³/mol. The first-order chi connectivity index (χ1) is 7.31. The van der Waals surface area contributed by atoms with Crippen molar-refractivity contribution in [1.82, 2.24) is 9.36 Å². The fraction of sp³-hybridized carbons (Fsp3) is 0.400. The molecule has 0 fully saturated rings. The molecule has 0 saturated heterocycles. The smallest absolute Gasteiger partial charge is 0.202 e. The molecular formula is C10H13N3OS. The summed E-state index contributed by atoms with van der Waals surface area (Å²) in [5.41, 5.74) is 0.968. The molecule has 0 unspecified atom stereocenters. The van der Waals surface area contributed by atoms with E-state index in [4.69, 9.17) is 4.42 Å². The molecule has 1 N–H and O–H groups in total. The van der Waals surface area contributed by atoms with Gasteiger partial charge < -0.3 is 9.73 Å². The van der Waals surface area contributed by atoms with Crippen LogP contribution in [0.15, 0.2) is 16.7 Å². The van der Waals surface area contributed by atoms with Gasteiger partial charge in [-0.2, -0.15) is 9.36 Å². The van der Waals surface area contributed by atoms with E-state index < -0.39 is 0 Å². The monoisotopic (exact) mass is 223 g/mol. The van der Waals surface area contributed by atoms with Gasteiger partial charge in [-0.05, 0) is 19.4 Å². The second kappa shape index (κ2) is 4.44. The van der Waals surface area contributed by atoms with E-state index in [1.54, 1.807) is 6.26 Å². The van der Waals surface area contributed by atoms with Crippen molar-refractivity contribution < 1.29 is 4.42 Å². The molecular weight excluding hydrogens is 210 g/mol. The minimum Gasteiger partial charge on any atom is -0.469 e. The summed E-state index contributed by atoms with van der Waals surface area (Å²) in [7, 11) is 0. The number of hydrogen-bond donors (Lipinski definition) is 1. The quantitative estimate of drug-likeness (QED) is 0.865. The van der Waals surface area contributed by atoms with Gasteiger partial charge in [0.2, 0.25) is 5.13 Å². The lowest BCUT2D eigenvalue weighted by Crippen LogP contribution is -1.98. The third-order valence-corrected chi connectivity index (χ3v) is 2.72. The first-order valence-corrected chi connectivity index (χ1v) is 5.70. The van der Waals surface area contributed by atoms with Crippen LogP contribution in [-0.4, -0.2) is 15.9 Å². The van der Waals surface area contributed by atoms with E-state index in [1.807, 2.05) is 13.0 Å². The van der Waals surface area contributed by atoms with E-state index in [0.717, 1.165) is 35.2 Å². The fourth-order valence-electron chi connectivity index (χ4n) is 1.25. The van der Waals surface area contributed by atoms with Gasteiger partial charge in [-0.15, -0.1) is 0 Å². The molecule has 0 saturated carbocycles. The van der Waals surface area contributed by atoms with Crippen LogP contribution in [0.5, 0.6) is 0 Å². The van der Waals surface area contributed by atoms with Gasteiger partial charge in [0.05, 0.1) is 11.8 Å². The predicted octanol–water partition coefficient (Wildman–Crippen LogP) is 2.93. The average Bonchev–Trinajstić information content (AvgIpc) is 2.83. The van der Waals surface area contributed by atoms with Crippen LogP contribution in [0.2, 0.25) is 0 Å². The Kier molecular flexibility index (Phi) is 3.01. The molecule has 0 amide bonds. The van der Waals surface area contributed by atoms with Crippen LogP contribution < -0.4 is 5.32 Å². The normalized spacial score (nSPS) is 10.5. The topological polar surface area (TPSA) is 51.0 Å². The number of hydrogen-bond acceptors (Lipinski definition) is 5. The molecule has 0 aromatic carbocycles. The largest absolute Gasteiger partial charge is 0.469 e. The number of nitrogens with one attached hydrogen (secondary N) is 1. The fourth-order valence-corrected chi connectivity index (χ4v) is 1.86. The summed E-state index contributed by atoms with van der Waals surface area (Å²) < 4.78 is 9.49. The van der Waals surface area contributed by atoms with Crippen molar-refractivity contribution in [1.29, 1.82) is 0 Å².